The molecule has 0 amide bonds. The Hall–Kier alpha value is -1.66. The normalized spacial score (nSPS) is 13.3. The fourth-order valence-electron chi connectivity index (χ4n) is 2.07. The smallest absolute Gasteiger partial charge is 0.191 e. The zero-order valence-electron chi connectivity index (χ0n) is 13.9. The maximum atomic E-state index is 13.4. The van der Waals surface area contributed by atoms with Crippen molar-refractivity contribution < 1.29 is 9.13 Å². The zero-order chi connectivity index (χ0) is 16.4. The van der Waals surface area contributed by atoms with Gasteiger partial charge in [0.25, 0.3) is 0 Å². The van der Waals surface area contributed by atoms with Gasteiger partial charge in [-0.1, -0.05) is 12.1 Å². The topological polar surface area (TPSA) is 48.9 Å². The van der Waals surface area contributed by atoms with Gasteiger partial charge < -0.3 is 20.3 Å². The van der Waals surface area contributed by atoms with E-state index >= 15 is 0 Å². The number of rotatable bonds is 8. The molecule has 2 N–H and O–H groups in total. The molecule has 0 aliphatic rings. The summed E-state index contributed by atoms with van der Waals surface area (Å²) >= 11 is 0. The third kappa shape index (κ3) is 6.41. The van der Waals surface area contributed by atoms with Crippen molar-refractivity contribution in [1.82, 2.24) is 15.5 Å². The number of nitrogens with one attached hydrogen (secondary N) is 2. The minimum atomic E-state index is -0.224. The number of hydrogen-bond acceptors (Lipinski definition) is 3. The molecule has 1 aromatic carbocycles. The molecule has 1 aromatic rings. The van der Waals surface area contributed by atoms with Crippen LogP contribution in [0.25, 0.3) is 0 Å². The Morgan fingerprint density at radius 2 is 2.14 bits per heavy atom. The number of guanidine groups is 1. The van der Waals surface area contributed by atoms with Crippen molar-refractivity contribution in [3.05, 3.63) is 35.6 Å². The van der Waals surface area contributed by atoms with Crippen LogP contribution in [0.5, 0.6) is 0 Å². The largest absolute Gasteiger partial charge is 0.383 e. The quantitative estimate of drug-likeness (QED) is 0.435. The first-order valence-corrected chi connectivity index (χ1v) is 7.51. The second kappa shape index (κ2) is 10.1. The maximum absolute atomic E-state index is 13.4. The molecule has 0 aliphatic carbocycles. The highest BCUT2D eigenvalue weighted by atomic mass is 19.1. The first-order valence-electron chi connectivity index (χ1n) is 7.51. The third-order valence-electron chi connectivity index (χ3n) is 3.22. The Labute approximate surface area is 132 Å². The Bertz CT molecular complexity index is 465. The lowest BCUT2D eigenvalue weighted by atomic mass is 10.1. The highest BCUT2D eigenvalue weighted by Gasteiger charge is 2.14. The Balaban J connectivity index is 2.77. The molecule has 0 heterocycles. The fraction of sp³-hybridized carbons (Fsp3) is 0.562. The van der Waals surface area contributed by atoms with Gasteiger partial charge in [0, 0.05) is 20.2 Å². The van der Waals surface area contributed by atoms with Crippen molar-refractivity contribution in [3.8, 4) is 0 Å². The molecule has 0 saturated carbocycles. The molecule has 0 fully saturated rings. The van der Waals surface area contributed by atoms with Crippen LogP contribution in [-0.2, 0) is 4.74 Å². The summed E-state index contributed by atoms with van der Waals surface area (Å²) in [5, 5.41) is 6.39. The molecular formula is C16H27FN4O. The van der Waals surface area contributed by atoms with Gasteiger partial charge in [-0.25, -0.2) is 4.39 Å². The van der Waals surface area contributed by atoms with Gasteiger partial charge >= 0.3 is 0 Å². The minimum absolute atomic E-state index is 0.0218. The highest BCUT2D eigenvalue weighted by Crippen LogP contribution is 2.19. The summed E-state index contributed by atoms with van der Waals surface area (Å²) in [5.74, 6) is 0.515. The lowest BCUT2D eigenvalue weighted by Gasteiger charge is -2.23. The van der Waals surface area contributed by atoms with Crippen molar-refractivity contribution in [2.45, 2.75) is 13.0 Å². The van der Waals surface area contributed by atoms with E-state index in [9.17, 15) is 4.39 Å². The van der Waals surface area contributed by atoms with Crippen LogP contribution in [0.1, 0.15) is 18.5 Å². The van der Waals surface area contributed by atoms with Crippen LogP contribution < -0.4 is 10.6 Å². The Kier molecular flexibility index (Phi) is 8.47. The van der Waals surface area contributed by atoms with Crippen LogP contribution in [0.2, 0.25) is 0 Å². The average molecular weight is 310 g/mol. The molecule has 1 atom stereocenters. The van der Waals surface area contributed by atoms with Gasteiger partial charge in [0.2, 0.25) is 0 Å². The SMILES string of the molecule is CCNC(=NCC(c1cccc(F)c1)N(C)C)NCCOC. The van der Waals surface area contributed by atoms with E-state index in [4.69, 9.17) is 4.74 Å². The van der Waals surface area contributed by atoms with Crippen molar-refractivity contribution in [1.29, 1.82) is 0 Å². The zero-order valence-corrected chi connectivity index (χ0v) is 13.9. The summed E-state index contributed by atoms with van der Waals surface area (Å²) in [6.07, 6.45) is 0. The van der Waals surface area contributed by atoms with Gasteiger partial charge in [0.15, 0.2) is 5.96 Å². The van der Waals surface area contributed by atoms with Crippen LogP contribution in [0.15, 0.2) is 29.3 Å². The minimum Gasteiger partial charge on any atom is -0.383 e. The summed E-state index contributed by atoms with van der Waals surface area (Å²) in [5.41, 5.74) is 0.918. The number of benzene rings is 1. The van der Waals surface area contributed by atoms with Crippen molar-refractivity contribution >= 4 is 5.96 Å². The first-order chi connectivity index (χ1) is 10.6. The lowest BCUT2D eigenvalue weighted by Crippen LogP contribution is -2.39. The summed E-state index contributed by atoms with van der Waals surface area (Å²) in [4.78, 5) is 6.63. The number of aliphatic imine (C=N–C) groups is 1. The number of likely N-dealkylation sites (N-methyl/N-ethyl adjacent to an activating group) is 1. The van der Waals surface area contributed by atoms with E-state index in [1.165, 1.54) is 6.07 Å². The predicted octanol–water partition coefficient (Wildman–Crippen LogP) is 1.63. The molecule has 5 nitrogen and oxygen atoms in total. The Morgan fingerprint density at radius 1 is 1.36 bits per heavy atom. The van der Waals surface area contributed by atoms with Crippen molar-refractivity contribution in [2.24, 2.45) is 4.99 Å². The van der Waals surface area contributed by atoms with Crippen molar-refractivity contribution in [3.63, 3.8) is 0 Å². The molecule has 0 bridgehead atoms. The molecule has 1 unspecified atom stereocenters. The van der Waals surface area contributed by atoms with Crippen LogP contribution >= 0.6 is 0 Å². The van der Waals surface area contributed by atoms with Crippen LogP contribution in [0.3, 0.4) is 0 Å². The number of hydrogen-bond donors (Lipinski definition) is 2. The van der Waals surface area contributed by atoms with Crippen LogP contribution in [0.4, 0.5) is 4.39 Å². The fourth-order valence-corrected chi connectivity index (χ4v) is 2.07. The molecule has 0 saturated heterocycles. The molecular weight excluding hydrogens is 283 g/mol. The molecule has 0 aliphatic heterocycles. The van der Waals surface area contributed by atoms with Gasteiger partial charge in [0.1, 0.15) is 5.82 Å². The molecule has 0 radical (unpaired) electrons. The van der Waals surface area contributed by atoms with E-state index in [1.54, 1.807) is 19.2 Å². The highest BCUT2D eigenvalue weighted by molar-refractivity contribution is 5.79. The van der Waals surface area contributed by atoms with E-state index in [-0.39, 0.29) is 11.9 Å². The molecule has 124 valence electrons. The van der Waals surface area contributed by atoms with Crippen molar-refractivity contribution in [2.75, 3.05) is 47.4 Å². The average Bonchev–Trinajstić information content (AvgIpc) is 2.47. The summed E-state index contributed by atoms with van der Waals surface area (Å²) in [6, 6.07) is 6.69. The second-order valence-corrected chi connectivity index (χ2v) is 5.17. The molecule has 1 rings (SSSR count). The van der Waals surface area contributed by atoms with E-state index in [0.717, 1.165) is 18.1 Å². The van der Waals surface area contributed by atoms with Gasteiger partial charge in [-0.2, -0.15) is 0 Å². The first kappa shape index (κ1) is 18.4. The maximum Gasteiger partial charge on any atom is 0.191 e. The number of methoxy groups -OCH3 is 1. The molecule has 0 aromatic heterocycles. The van der Waals surface area contributed by atoms with Crippen LogP contribution in [-0.4, -0.2) is 58.3 Å². The molecule has 0 spiro atoms. The number of halogens is 1. The van der Waals surface area contributed by atoms with Gasteiger partial charge in [-0.15, -0.1) is 0 Å². The van der Waals surface area contributed by atoms with Gasteiger partial charge in [0.05, 0.1) is 19.2 Å². The number of ether oxygens (including phenoxy) is 1. The summed E-state index contributed by atoms with van der Waals surface area (Å²) in [6.45, 7) is 4.65. The van der Waals surface area contributed by atoms with Crippen LogP contribution in [0, 0.1) is 5.82 Å². The van der Waals surface area contributed by atoms with E-state index in [0.29, 0.717) is 19.7 Å². The molecule has 22 heavy (non-hydrogen) atoms. The predicted molar refractivity (Wildman–Crippen MR) is 88.7 cm³/mol. The number of nitrogens with zero attached hydrogens (tertiary/aromatic N) is 2. The van der Waals surface area contributed by atoms with E-state index in [2.05, 4.69) is 15.6 Å². The molecule has 6 heteroatoms. The third-order valence-corrected chi connectivity index (χ3v) is 3.22. The van der Waals surface area contributed by atoms with Gasteiger partial charge in [-0.05, 0) is 38.7 Å². The van der Waals surface area contributed by atoms with Gasteiger partial charge in [-0.3, -0.25) is 4.99 Å². The monoisotopic (exact) mass is 310 g/mol. The van der Waals surface area contributed by atoms with E-state index in [1.807, 2.05) is 32.0 Å². The Morgan fingerprint density at radius 3 is 2.73 bits per heavy atom. The summed E-state index contributed by atoms with van der Waals surface area (Å²) < 4.78 is 18.4. The van der Waals surface area contributed by atoms with E-state index < -0.39 is 0 Å². The lowest BCUT2D eigenvalue weighted by molar-refractivity contribution is 0.203. The standard InChI is InChI=1S/C16H27FN4O/c1-5-18-16(19-9-10-22-4)20-12-15(21(2)3)13-7-6-8-14(17)11-13/h6-8,11,15H,5,9-10,12H2,1-4H3,(H2,18,19,20). The second-order valence-electron chi connectivity index (χ2n) is 5.17. The summed E-state index contributed by atoms with van der Waals surface area (Å²) in [7, 11) is 5.60.